The molecule has 1 unspecified atom stereocenters. The van der Waals surface area contributed by atoms with Gasteiger partial charge in [0.1, 0.15) is 11.8 Å². The molecule has 0 spiro atoms. The Morgan fingerprint density at radius 1 is 1.03 bits per heavy atom. The number of benzene rings is 2. The molecule has 1 aliphatic carbocycles. The van der Waals surface area contributed by atoms with Crippen LogP contribution in [0.25, 0.3) is 0 Å². The van der Waals surface area contributed by atoms with Gasteiger partial charge in [0.25, 0.3) is 5.91 Å². The summed E-state index contributed by atoms with van der Waals surface area (Å²) >= 11 is 0. The molecule has 0 aromatic heterocycles. The van der Waals surface area contributed by atoms with Gasteiger partial charge in [-0.3, -0.25) is 9.59 Å². The molecule has 3 rings (SSSR count). The molecule has 32 heavy (non-hydrogen) atoms. The number of rotatable bonds is 9. The number of ether oxygens (including phenoxy) is 1. The molecular weight excluding hydrogens is 400 g/mol. The lowest BCUT2D eigenvalue weighted by atomic mass is 9.95. The first-order valence-electron chi connectivity index (χ1n) is 11.8. The second kappa shape index (κ2) is 11.7. The van der Waals surface area contributed by atoms with Crippen molar-refractivity contribution in [1.29, 1.82) is 0 Å². The average molecular weight is 437 g/mol. The van der Waals surface area contributed by atoms with Crippen LogP contribution in [0.1, 0.15) is 55.7 Å². The van der Waals surface area contributed by atoms with Crippen molar-refractivity contribution in [3.8, 4) is 5.75 Å². The van der Waals surface area contributed by atoms with Gasteiger partial charge in [-0.25, -0.2) is 0 Å². The predicted octanol–water partition coefficient (Wildman–Crippen LogP) is 4.59. The second-order valence-corrected chi connectivity index (χ2v) is 8.95. The number of aryl methyl sites for hydroxylation is 2. The van der Waals surface area contributed by atoms with E-state index in [4.69, 9.17) is 4.74 Å². The standard InChI is InChI=1S/C27H36N2O3/c1-20-16-21(2)18-25(17-20)32-19-26(30)29(15-14-23-10-6-4-7-11-23)22(3)27(31)28-24-12-8-5-9-13-24/h4,6-7,10-11,16-18,22,24H,5,8-9,12-15,19H2,1-3H3,(H,28,31). The molecule has 2 aromatic rings. The fraction of sp³-hybridized carbons (Fsp3) is 0.481. The van der Waals surface area contributed by atoms with E-state index in [9.17, 15) is 9.59 Å². The van der Waals surface area contributed by atoms with Gasteiger partial charge < -0.3 is 15.0 Å². The fourth-order valence-electron chi connectivity index (χ4n) is 4.38. The number of nitrogens with one attached hydrogen (secondary N) is 1. The molecule has 1 saturated carbocycles. The van der Waals surface area contributed by atoms with Gasteiger partial charge in [0.2, 0.25) is 5.91 Å². The third-order valence-electron chi connectivity index (χ3n) is 6.16. The Labute approximate surface area is 192 Å². The van der Waals surface area contributed by atoms with E-state index in [1.807, 2.05) is 63.2 Å². The smallest absolute Gasteiger partial charge is 0.261 e. The molecule has 1 fully saturated rings. The summed E-state index contributed by atoms with van der Waals surface area (Å²) in [6.45, 7) is 6.21. The number of nitrogens with zero attached hydrogens (tertiary/aromatic N) is 1. The van der Waals surface area contributed by atoms with E-state index in [2.05, 4.69) is 11.4 Å². The van der Waals surface area contributed by atoms with E-state index < -0.39 is 6.04 Å². The maximum absolute atomic E-state index is 13.2. The van der Waals surface area contributed by atoms with Gasteiger partial charge >= 0.3 is 0 Å². The molecule has 0 aliphatic heterocycles. The monoisotopic (exact) mass is 436 g/mol. The van der Waals surface area contributed by atoms with E-state index in [0.717, 1.165) is 42.4 Å². The molecule has 5 heteroatoms. The van der Waals surface area contributed by atoms with Crippen molar-refractivity contribution in [2.75, 3.05) is 13.2 Å². The summed E-state index contributed by atoms with van der Waals surface area (Å²) in [6, 6.07) is 15.6. The Morgan fingerprint density at radius 3 is 2.34 bits per heavy atom. The van der Waals surface area contributed by atoms with Crippen LogP contribution in [0, 0.1) is 13.8 Å². The zero-order valence-corrected chi connectivity index (χ0v) is 19.6. The molecule has 0 saturated heterocycles. The number of hydrogen-bond donors (Lipinski definition) is 1. The van der Waals surface area contributed by atoms with Gasteiger partial charge in [-0.15, -0.1) is 0 Å². The van der Waals surface area contributed by atoms with Crippen LogP contribution in [0.3, 0.4) is 0 Å². The summed E-state index contributed by atoms with van der Waals surface area (Å²) in [5.41, 5.74) is 3.32. The molecule has 0 radical (unpaired) electrons. The first-order valence-corrected chi connectivity index (χ1v) is 11.8. The Bertz CT molecular complexity index is 871. The van der Waals surface area contributed by atoms with Crippen LogP contribution in [-0.2, 0) is 16.0 Å². The summed E-state index contributed by atoms with van der Waals surface area (Å²) in [5.74, 6) is 0.425. The SMILES string of the molecule is Cc1cc(C)cc(OCC(=O)N(CCc2ccccc2)C(C)C(=O)NC2CCCCC2)c1. The number of amides is 2. The summed E-state index contributed by atoms with van der Waals surface area (Å²) in [6.07, 6.45) is 6.27. The van der Waals surface area contributed by atoms with E-state index in [1.54, 1.807) is 4.90 Å². The minimum absolute atomic E-state index is 0.0790. The highest BCUT2D eigenvalue weighted by atomic mass is 16.5. The van der Waals surface area contributed by atoms with Gasteiger partial charge in [-0.05, 0) is 68.9 Å². The number of carbonyl (C=O) groups excluding carboxylic acids is 2. The third-order valence-corrected chi connectivity index (χ3v) is 6.16. The highest BCUT2D eigenvalue weighted by Crippen LogP contribution is 2.19. The average Bonchev–Trinajstić information content (AvgIpc) is 2.78. The van der Waals surface area contributed by atoms with Gasteiger partial charge in [-0.1, -0.05) is 55.7 Å². The Balaban J connectivity index is 1.66. The zero-order valence-electron chi connectivity index (χ0n) is 19.6. The molecule has 172 valence electrons. The van der Waals surface area contributed by atoms with E-state index >= 15 is 0 Å². The lowest BCUT2D eigenvalue weighted by Crippen LogP contribution is -2.52. The number of hydrogen-bond acceptors (Lipinski definition) is 3. The molecule has 1 N–H and O–H groups in total. The summed E-state index contributed by atoms with van der Waals surface area (Å²) in [7, 11) is 0. The van der Waals surface area contributed by atoms with Crippen molar-refractivity contribution in [1.82, 2.24) is 10.2 Å². The maximum atomic E-state index is 13.2. The molecule has 0 heterocycles. The van der Waals surface area contributed by atoms with Crippen molar-refractivity contribution >= 4 is 11.8 Å². The normalized spacial score (nSPS) is 15.1. The molecule has 2 amide bonds. The van der Waals surface area contributed by atoms with Crippen LogP contribution in [0.15, 0.2) is 48.5 Å². The van der Waals surface area contributed by atoms with Crippen LogP contribution in [-0.4, -0.2) is 41.9 Å². The quantitative estimate of drug-likeness (QED) is 0.625. The van der Waals surface area contributed by atoms with Crippen molar-refractivity contribution in [3.05, 3.63) is 65.2 Å². The first-order chi connectivity index (χ1) is 15.4. The molecule has 0 bridgehead atoms. The van der Waals surface area contributed by atoms with E-state index in [-0.39, 0.29) is 24.5 Å². The van der Waals surface area contributed by atoms with Crippen LogP contribution in [0.2, 0.25) is 0 Å². The Kier molecular flexibility index (Phi) is 8.72. The zero-order chi connectivity index (χ0) is 22.9. The highest BCUT2D eigenvalue weighted by Gasteiger charge is 2.28. The van der Waals surface area contributed by atoms with E-state index in [0.29, 0.717) is 18.7 Å². The molecule has 5 nitrogen and oxygen atoms in total. The third kappa shape index (κ3) is 7.11. The highest BCUT2D eigenvalue weighted by molar-refractivity contribution is 5.88. The van der Waals surface area contributed by atoms with Gasteiger partial charge in [-0.2, -0.15) is 0 Å². The van der Waals surface area contributed by atoms with Gasteiger partial charge in [0.15, 0.2) is 6.61 Å². The summed E-state index contributed by atoms with van der Waals surface area (Å²) in [5, 5.41) is 3.17. The fourth-order valence-corrected chi connectivity index (χ4v) is 4.38. The maximum Gasteiger partial charge on any atom is 0.261 e. The van der Waals surface area contributed by atoms with Crippen LogP contribution < -0.4 is 10.1 Å². The van der Waals surface area contributed by atoms with Crippen molar-refractivity contribution in [3.63, 3.8) is 0 Å². The van der Waals surface area contributed by atoms with Crippen LogP contribution in [0.4, 0.5) is 0 Å². The first kappa shape index (κ1) is 23.8. The molecular formula is C27H36N2O3. The molecule has 1 atom stereocenters. The Hall–Kier alpha value is -2.82. The minimum Gasteiger partial charge on any atom is -0.484 e. The molecule has 1 aliphatic rings. The van der Waals surface area contributed by atoms with Crippen molar-refractivity contribution < 1.29 is 14.3 Å². The minimum atomic E-state index is -0.545. The van der Waals surface area contributed by atoms with E-state index in [1.165, 1.54) is 6.42 Å². The van der Waals surface area contributed by atoms with Gasteiger partial charge in [0.05, 0.1) is 0 Å². The van der Waals surface area contributed by atoms with Crippen LogP contribution in [0.5, 0.6) is 5.75 Å². The predicted molar refractivity (Wildman–Crippen MR) is 128 cm³/mol. The topological polar surface area (TPSA) is 58.6 Å². The molecule has 2 aromatic carbocycles. The second-order valence-electron chi connectivity index (χ2n) is 8.95. The summed E-state index contributed by atoms with van der Waals surface area (Å²) < 4.78 is 5.82. The van der Waals surface area contributed by atoms with Gasteiger partial charge in [0, 0.05) is 12.6 Å². The summed E-state index contributed by atoms with van der Waals surface area (Å²) in [4.78, 5) is 27.8. The lowest BCUT2D eigenvalue weighted by Gasteiger charge is -2.31. The van der Waals surface area contributed by atoms with Crippen molar-refractivity contribution in [2.24, 2.45) is 0 Å². The van der Waals surface area contributed by atoms with Crippen molar-refractivity contribution in [2.45, 2.75) is 71.4 Å². The van der Waals surface area contributed by atoms with Crippen LogP contribution >= 0.6 is 0 Å². The largest absolute Gasteiger partial charge is 0.484 e. The number of carbonyl (C=O) groups is 2. The Morgan fingerprint density at radius 2 is 1.69 bits per heavy atom. The lowest BCUT2D eigenvalue weighted by molar-refractivity contribution is -0.141.